The van der Waals surface area contributed by atoms with Gasteiger partial charge < -0.3 is 15.1 Å². The fraction of sp³-hybridized carbons (Fsp3) is 0.688. The van der Waals surface area contributed by atoms with Crippen molar-refractivity contribution in [1.82, 2.24) is 24.9 Å². The van der Waals surface area contributed by atoms with Gasteiger partial charge in [0.05, 0.1) is 12.7 Å². The first-order valence-corrected chi connectivity index (χ1v) is 8.44. The number of urea groups is 1. The minimum atomic E-state index is -0.0467. The molecule has 0 aromatic carbocycles. The van der Waals surface area contributed by atoms with Crippen LogP contribution in [-0.2, 0) is 11.3 Å². The average Bonchev–Trinajstić information content (AvgIpc) is 3.33. The van der Waals surface area contributed by atoms with E-state index in [1.807, 2.05) is 33.8 Å². The minimum absolute atomic E-state index is 0.0467. The Morgan fingerprint density at radius 3 is 2.65 bits per heavy atom. The molecule has 0 spiro atoms. The molecule has 1 aromatic heterocycles. The number of nitrogens with one attached hydrogen (secondary N) is 1. The number of aromatic nitrogens is 2. The standard InChI is InChI=1S/C16H25N5O2/c1-13-11-18-21(12-13)8-5-17-16(23)20-7-2-6-19(9-10-20)15(22)14-3-4-14/h11-12,14H,2-10H2,1H3,(H,17,23). The Morgan fingerprint density at radius 1 is 1.22 bits per heavy atom. The van der Waals surface area contributed by atoms with E-state index in [9.17, 15) is 9.59 Å². The van der Waals surface area contributed by atoms with E-state index in [-0.39, 0.29) is 17.9 Å². The topological polar surface area (TPSA) is 70.5 Å². The van der Waals surface area contributed by atoms with Crippen LogP contribution in [-0.4, -0.2) is 64.2 Å². The lowest BCUT2D eigenvalue weighted by Crippen LogP contribution is -2.43. The molecular formula is C16H25N5O2. The van der Waals surface area contributed by atoms with Crippen molar-refractivity contribution in [2.45, 2.75) is 32.7 Å². The van der Waals surface area contributed by atoms with Crippen LogP contribution < -0.4 is 5.32 Å². The van der Waals surface area contributed by atoms with Crippen molar-refractivity contribution in [2.75, 3.05) is 32.7 Å². The number of carbonyl (C=O) groups excluding carboxylic acids is 2. The van der Waals surface area contributed by atoms with Crippen molar-refractivity contribution in [3.8, 4) is 0 Å². The Kier molecular flexibility index (Phi) is 4.83. The molecule has 1 aliphatic heterocycles. The molecule has 0 unspecified atom stereocenters. The summed E-state index contributed by atoms with van der Waals surface area (Å²) in [7, 11) is 0. The summed E-state index contributed by atoms with van der Waals surface area (Å²) in [4.78, 5) is 28.1. The summed E-state index contributed by atoms with van der Waals surface area (Å²) >= 11 is 0. The molecule has 3 amide bonds. The Balaban J connectivity index is 1.41. The summed E-state index contributed by atoms with van der Waals surface area (Å²) in [5.74, 6) is 0.536. The molecule has 1 saturated heterocycles. The second kappa shape index (κ2) is 7.02. The van der Waals surface area contributed by atoms with Crippen molar-refractivity contribution in [3.05, 3.63) is 18.0 Å². The van der Waals surface area contributed by atoms with Crippen LogP contribution in [0.1, 0.15) is 24.8 Å². The van der Waals surface area contributed by atoms with Gasteiger partial charge in [0.1, 0.15) is 0 Å². The fourth-order valence-electron chi connectivity index (χ4n) is 2.91. The summed E-state index contributed by atoms with van der Waals surface area (Å²) in [5.41, 5.74) is 1.12. The van der Waals surface area contributed by atoms with Crippen LogP contribution in [0.25, 0.3) is 0 Å². The molecule has 3 rings (SSSR count). The van der Waals surface area contributed by atoms with Gasteiger partial charge in [-0.2, -0.15) is 5.10 Å². The number of amides is 3. The third-order valence-corrected chi connectivity index (χ3v) is 4.40. The number of nitrogens with zero attached hydrogens (tertiary/aromatic N) is 4. The highest BCUT2D eigenvalue weighted by atomic mass is 16.2. The van der Waals surface area contributed by atoms with E-state index in [4.69, 9.17) is 0 Å². The van der Waals surface area contributed by atoms with E-state index < -0.39 is 0 Å². The van der Waals surface area contributed by atoms with Gasteiger partial charge in [-0.3, -0.25) is 9.48 Å². The van der Waals surface area contributed by atoms with Crippen molar-refractivity contribution in [3.63, 3.8) is 0 Å². The molecule has 1 N–H and O–H groups in total. The summed E-state index contributed by atoms with van der Waals surface area (Å²) in [5, 5.41) is 7.14. The highest BCUT2D eigenvalue weighted by molar-refractivity contribution is 5.81. The normalized spacial score (nSPS) is 18.7. The minimum Gasteiger partial charge on any atom is -0.341 e. The third-order valence-electron chi connectivity index (χ3n) is 4.40. The zero-order valence-electron chi connectivity index (χ0n) is 13.7. The number of rotatable bonds is 4. The molecule has 2 aliphatic rings. The molecule has 23 heavy (non-hydrogen) atoms. The molecule has 0 atom stereocenters. The van der Waals surface area contributed by atoms with Crippen LogP contribution in [0.15, 0.2) is 12.4 Å². The van der Waals surface area contributed by atoms with Gasteiger partial charge in [-0.1, -0.05) is 0 Å². The lowest BCUT2D eigenvalue weighted by Gasteiger charge is -2.22. The highest BCUT2D eigenvalue weighted by Crippen LogP contribution is 2.31. The SMILES string of the molecule is Cc1cnn(CCNC(=O)N2CCCN(C(=O)C3CC3)CC2)c1. The largest absolute Gasteiger partial charge is 0.341 e. The number of hydrogen-bond acceptors (Lipinski definition) is 3. The predicted molar refractivity (Wildman–Crippen MR) is 85.9 cm³/mol. The van der Waals surface area contributed by atoms with Crippen LogP contribution in [0.5, 0.6) is 0 Å². The predicted octanol–water partition coefficient (Wildman–Crippen LogP) is 0.845. The van der Waals surface area contributed by atoms with Gasteiger partial charge in [-0.25, -0.2) is 4.79 Å². The molecule has 2 fully saturated rings. The Labute approximate surface area is 136 Å². The van der Waals surface area contributed by atoms with Crippen molar-refractivity contribution >= 4 is 11.9 Å². The van der Waals surface area contributed by atoms with Gasteiger partial charge in [0.15, 0.2) is 0 Å². The smallest absolute Gasteiger partial charge is 0.317 e. The molecule has 7 nitrogen and oxygen atoms in total. The molecular weight excluding hydrogens is 294 g/mol. The van der Waals surface area contributed by atoms with E-state index >= 15 is 0 Å². The molecule has 1 saturated carbocycles. The fourth-order valence-corrected chi connectivity index (χ4v) is 2.91. The van der Waals surface area contributed by atoms with Crippen LogP contribution in [0.4, 0.5) is 4.79 Å². The molecule has 7 heteroatoms. The second-order valence-corrected chi connectivity index (χ2v) is 6.45. The lowest BCUT2D eigenvalue weighted by molar-refractivity contribution is -0.132. The van der Waals surface area contributed by atoms with E-state index in [1.54, 1.807) is 0 Å². The van der Waals surface area contributed by atoms with E-state index in [1.165, 1.54) is 0 Å². The van der Waals surface area contributed by atoms with Gasteiger partial charge in [-0.15, -0.1) is 0 Å². The van der Waals surface area contributed by atoms with E-state index in [0.717, 1.165) is 31.4 Å². The number of aryl methyl sites for hydroxylation is 1. The number of carbonyl (C=O) groups is 2. The first kappa shape index (κ1) is 15.8. The average molecular weight is 319 g/mol. The van der Waals surface area contributed by atoms with Gasteiger partial charge >= 0.3 is 6.03 Å². The quantitative estimate of drug-likeness (QED) is 0.894. The van der Waals surface area contributed by atoms with Gasteiger partial charge in [0.2, 0.25) is 5.91 Å². The summed E-state index contributed by atoms with van der Waals surface area (Å²) in [6.07, 6.45) is 6.69. The van der Waals surface area contributed by atoms with Crippen LogP contribution >= 0.6 is 0 Å². The maximum Gasteiger partial charge on any atom is 0.317 e. The molecule has 0 bridgehead atoms. The van der Waals surface area contributed by atoms with Gasteiger partial charge in [-0.05, 0) is 31.7 Å². The second-order valence-electron chi connectivity index (χ2n) is 6.45. The van der Waals surface area contributed by atoms with Crippen LogP contribution in [0, 0.1) is 12.8 Å². The number of hydrogen-bond donors (Lipinski definition) is 1. The highest BCUT2D eigenvalue weighted by Gasteiger charge is 2.34. The van der Waals surface area contributed by atoms with Crippen LogP contribution in [0.2, 0.25) is 0 Å². The Hall–Kier alpha value is -2.05. The van der Waals surface area contributed by atoms with Crippen molar-refractivity contribution in [2.24, 2.45) is 5.92 Å². The van der Waals surface area contributed by atoms with Gasteiger partial charge in [0, 0.05) is 44.8 Å². The van der Waals surface area contributed by atoms with E-state index in [2.05, 4.69) is 10.4 Å². The van der Waals surface area contributed by atoms with Crippen LogP contribution in [0.3, 0.4) is 0 Å². The van der Waals surface area contributed by atoms with Gasteiger partial charge in [0.25, 0.3) is 0 Å². The lowest BCUT2D eigenvalue weighted by atomic mass is 10.3. The maximum absolute atomic E-state index is 12.3. The Bertz CT molecular complexity index is 567. The van der Waals surface area contributed by atoms with Crippen molar-refractivity contribution in [1.29, 1.82) is 0 Å². The summed E-state index contributed by atoms with van der Waals surface area (Å²) in [6, 6.07) is -0.0467. The molecule has 2 heterocycles. The molecule has 126 valence electrons. The summed E-state index contributed by atoms with van der Waals surface area (Å²) < 4.78 is 1.83. The first-order valence-electron chi connectivity index (χ1n) is 8.44. The first-order chi connectivity index (χ1) is 11.1. The maximum atomic E-state index is 12.3. The third kappa shape index (κ3) is 4.24. The molecule has 0 radical (unpaired) electrons. The van der Waals surface area contributed by atoms with E-state index in [0.29, 0.717) is 32.7 Å². The monoisotopic (exact) mass is 319 g/mol. The zero-order valence-corrected chi connectivity index (χ0v) is 13.7. The van der Waals surface area contributed by atoms with Crippen molar-refractivity contribution < 1.29 is 9.59 Å². The Morgan fingerprint density at radius 2 is 1.96 bits per heavy atom. The zero-order chi connectivity index (χ0) is 16.2. The molecule has 1 aliphatic carbocycles. The molecule has 1 aromatic rings. The summed E-state index contributed by atoms with van der Waals surface area (Å²) in [6.45, 7) is 5.97.